The van der Waals surface area contributed by atoms with Gasteiger partial charge in [0.2, 0.25) is 5.91 Å². The number of hydrogen-bond acceptors (Lipinski definition) is 4. The molecule has 0 fully saturated rings. The highest BCUT2D eigenvalue weighted by molar-refractivity contribution is 7.09. The van der Waals surface area contributed by atoms with E-state index < -0.39 is 0 Å². The average Bonchev–Trinajstić information content (AvgIpc) is 3.41. The number of nitrogens with one attached hydrogen (secondary N) is 3. The number of carbonyl (C=O) groups is 2. The Morgan fingerprint density at radius 2 is 1.90 bits per heavy atom. The molecule has 3 N–H and O–H groups in total. The molecule has 6 nitrogen and oxygen atoms in total. The van der Waals surface area contributed by atoms with E-state index in [1.807, 2.05) is 54.8 Å². The van der Waals surface area contributed by atoms with Crippen molar-refractivity contribution in [3.63, 3.8) is 0 Å². The number of thiophene rings is 1. The van der Waals surface area contributed by atoms with Crippen molar-refractivity contribution < 1.29 is 18.9 Å². The third-order valence-corrected chi connectivity index (χ3v) is 5.41. The topological polar surface area (TPSA) is 75.8 Å². The smallest absolute Gasteiger partial charge is 0.275 e. The number of aryl methyl sites for hydroxylation is 1. The summed E-state index contributed by atoms with van der Waals surface area (Å²) in [6.45, 7) is 3.58. The summed E-state index contributed by atoms with van der Waals surface area (Å²) in [4.78, 5) is 26.9. The first kappa shape index (κ1) is 20.8. The number of furan rings is 1. The van der Waals surface area contributed by atoms with E-state index in [2.05, 4.69) is 16.7 Å². The van der Waals surface area contributed by atoms with Gasteiger partial charge in [-0.05, 0) is 41.6 Å². The Kier molecular flexibility index (Phi) is 7.61. The highest BCUT2D eigenvalue weighted by Crippen LogP contribution is 2.14. The van der Waals surface area contributed by atoms with Gasteiger partial charge in [0.25, 0.3) is 5.91 Å². The highest BCUT2D eigenvalue weighted by atomic mass is 32.1. The van der Waals surface area contributed by atoms with Crippen molar-refractivity contribution in [1.29, 1.82) is 0 Å². The van der Waals surface area contributed by atoms with Crippen LogP contribution in [-0.4, -0.2) is 24.9 Å². The SMILES string of the molecule is CCc1ccccc1NC(=O)CNC(=O)C[NH+](Cc1ccco1)Cc1cccs1. The number of hydrogen-bond donors (Lipinski definition) is 3. The van der Waals surface area contributed by atoms with E-state index in [1.165, 1.54) is 4.88 Å². The molecule has 0 radical (unpaired) electrons. The van der Waals surface area contributed by atoms with Crippen molar-refractivity contribution in [1.82, 2.24) is 5.32 Å². The molecule has 2 aromatic heterocycles. The summed E-state index contributed by atoms with van der Waals surface area (Å²) in [5.41, 5.74) is 1.86. The summed E-state index contributed by atoms with van der Waals surface area (Å²) >= 11 is 1.67. The predicted octanol–water partition coefficient (Wildman–Crippen LogP) is 2.24. The lowest BCUT2D eigenvalue weighted by atomic mass is 10.1. The van der Waals surface area contributed by atoms with Crippen LogP contribution in [0.2, 0.25) is 0 Å². The van der Waals surface area contributed by atoms with Crippen molar-refractivity contribution in [2.24, 2.45) is 0 Å². The largest absolute Gasteiger partial charge is 0.463 e. The summed E-state index contributed by atoms with van der Waals surface area (Å²) in [5, 5.41) is 7.63. The molecule has 2 amide bonds. The third kappa shape index (κ3) is 6.58. The van der Waals surface area contributed by atoms with Gasteiger partial charge in [0.1, 0.15) is 13.1 Å². The second-order valence-electron chi connectivity index (χ2n) is 6.77. The summed E-state index contributed by atoms with van der Waals surface area (Å²) in [5.74, 6) is 0.436. The molecule has 0 bridgehead atoms. The van der Waals surface area contributed by atoms with Crippen molar-refractivity contribution in [3.8, 4) is 0 Å². The van der Waals surface area contributed by atoms with Gasteiger partial charge in [0, 0.05) is 5.69 Å². The van der Waals surface area contributed by atoms with Crippen LogP contribution in [0.25, 0.3) is 0 Å². The summed E-state index contributed by atoms with van der Waals surface area (Å²) in [6, 6.07) is 15.5. The Balaban J connectivity index is 1.51. The molecule has 0 spiro atoms. The maximum atomic E-state index is 12.5. The van der Waals surface area contributed by atoms with Crippen LogP contribution in [0.5, 0.6) is 0 Å². The van der Waals surface area contributed by atoms with Crippen LogP contribution in [-0.2, 0) is 29.1 Å². The fourth-order valence-corrected chi connectivity index (χ4v) is 3.90. The number of benzene rings is 1. The molecule has 29 heavy (non-hydrogen) atoms. The van der Waals surface area contributed by atoms with Gasteiger partial charge in [0.05, 0.1) is 17.7 Å². The second-order valence-corrected chi connectivity index (χ2v) is 7.81. The van der Waals surface area contributed by atoms with Crippen LogP contribution in [0.15, 0.2) is 64.6 Å². The lowest BCUT2D eigenvalue weighted by Gasteiger charge is -2.17. The first-order chi connectivity index (χ1) is 14.1. The van der Waals surface area contributed by atoms with E-state index in [0.29, 0.717) is 6.54 Å². The number of amides is 2. The average molecular weight is 413 g/mol. The molecule has 152 valence electrons. The minimum Gasteiger partial charge on any atom is -0.463 e. The van der Waals surface area contributed by atoms with Crippen LogP contribution in [0.1, 0.15) is 23.1 Å². The Morgan fingerprint density at radius 1 is 1.03 bits per heavy atom. The van der Waals surface area contributed by atoms with E-state index in [0.717, 1.165) is 34.9 Å². The first-order valence-corrected chi connectivity index (χ1v) is 10.5. The van der Waals surface area contributed by atoms with Gasteiger partial charge in [-0.25, -0.2) is 0 Å². The lowest BCUT2D eigenvalue weighted by molar-refractivity contribution is -0.920. The van der Waals surface area contributed by atoms with Crippen LogP contribution in [0.3, 0.4) is 0 Å². The Morgan fingerprint density at radius 3 is 2.62 bits per heavy atom. The van der Waals surface area contributed by atoms with Crippen LogP contribution >= 0.6 is 11.3 Å². The first-order valence-electron chi connectivity index (χ1n) is 9.67. The van der Waals surface area contributed by atoms with E-state index in [-0.39, 0.29) is 24.9 Å². The molecule has 3 aromatic rings. The van der Waals surface area contributed by atoms with E-state index in [9.17, 15) is 9.59 Å². The molecule has 1 aromatic carbocycles. The van der Waals surface area contributed by atoms with Crippen LogP contribution < -0.4 is 15.5 Å². The fraction of sp³-hybridized carbons (Fsp3) is 0.273. The van der Waals surface area contributed by atoms with Crippen molar-refractivity contribution in [3.05, 3.63) is 76.4 Å². The highest BCUT2D eigenvalue weighted by Gasteiger charge is 2.18. The summed E-state index contributed by atoms with van der Waals surface area (Å²) < 4.78 is 5.44. The number of quaternary nitrogens is 1. The number of anilines is 1. The Hall–Kier alpha value is -2.90. The van der Waals surface area contributed by atoms with Crippen LogP contribution in [0.4, 0.5) is 5.69 Å². The van der Waals surface area contributed by atoms with Gasteiger partial charge >= 0.3 is 0 Å². The maximum Gasteiger partial charge on any atom is 0.275 e. The Labute approximate surface area is 174 Å². The number of rotatable bonds is 10. The number of carbonyl (C=O) groups excluding carboxylic acids is 2. The van der Waals surface area contributed by atoms with Crippen molar-refractivity contribution in [2.45, 2.75) is 26.4 Å². The van der Waals surface area contributed by atoms with Crippen LogP contribution in [0, 0.1) is 0 Å². The van der Waals surface area contributed by atoms with Gasteiger partial charge in [-0.1, -0.05) is 31.2 Å². The quantitative estimate of drug-likeness (QED) is 0.478. The van der Waals surface area contributed by atoms with E-state index in [1.54, 1.807) is 17.6 Å². The van der Waals surface area contributed by atoms with Gasteiger partial charge in [-0.15, -0.1) is 11.3 Å². The molecule has 0 aliphatic rings. The summed E-state index contributed by atoms with van der Waals surface area (Å²) in [7, 11) is 0. The zero-order chi connectivity index (χ0) is 20.5. The molecule has 0 aliphatic heterocycles. The zero-order valence-corrected chi connectivity index (χ0v) is 17.3. The minimum absolute atomic E-state index is 0.0517. The predicted molar refractivity (Wildman–Crippen MR) is 114 cm³/mol. The second kappa shape index (κ2) is 10.6. The molecular weight excluding hydrogens is 386 g/mol. The molecule has 7 heteroatoms. The maximum absolute atomic E-state index is 12.5. The lowest BCUT2D eigenvalue weighted by Crippen LogP contribution is -3.10. The molecule has 1 atom stereocenters. The molecule has 0 saturated heterocycles. The zero-order valence-electron chi connectivity index (χ0n) is 16.4. The van der Waals surface area contributed by atoms with Gasteiger partial charge in [0.15, 0.2) is 12.3 Å². The van der Waals surface area contributed by atoms with Crippen molar-refractivity contribution >= 4 is 28.8 Å². The molecule has 2 heterocycles. The van der Waals surface area contributed by atoms with Crippen molar-refractivity contribution in [2.75, 3.05) is 18.4 Å². The molecule has 3 rings (SSSR count). The number of para-hydroxylation sites is 1. The monoisotopic (exact) mass is 412 g/mol. The standard InChI is InChI=1S/C22H25N3O3S/c1-2-17-7-3-4-10-20(17)24-21(26)13-23-22(27)16-25(14-18-8-5-11-28-18)15-19-9-6-12-29-19/h3-12H,2,13-16H2,1H3,(H,23,27)(H,24,26)/p+1. The van der Waals surface area contributed by atoms with E-state index in [4.69, 9.17) is 4.42 Å². The minimum atomic E-state index is -0.231. The Bertz CT molecular complexity index is 871. The van der Waals surface area contributed by atoms with E-state index >= 15 is 0 Å². The molecule has 1 unspecified atom stereocenters. The van der Waals surface area contributed by atoms with Gasteiger partial charge in [-0.3, -0.25) is 9.59 Å². The van der Waals surface area contributed by atoms with Gasteiger partial charge in [-0.2, -0.15) is 0 Å². The molecular formula is C22H26N3O3S+. The summed E-state index contributed by atoms with van der Waals surface area (Å²) in [6.07, 6.45) is 2.47. The molecule has 0 saturated carbocycles. The fourth-order valence-electron chi connectivity index (χ4n) is 3.12. The molecule has 0 aliphatic carbocycles. The normalized spacial score (nSPS) is 11.8. The third-order valence-electron chi connectivity index (χ3n) is 4.54. The van der Waals surface area contributed by atoms with Gasteiger partial charge < -0.3 is 20.0 Å².